The third-order valence-corrected chi connectivity index (χ3v) is 3.08. The third-order valence-electron chi connectivity index (χ3n) is 2.75. The molecule has 0 bridgehead atoms. The molecule has 1 aromatic rings. The lowest BCUT2D eigenvalue weighted by atomic mass is 9.80. The Morgan fingerprint density at radius 2 is 1.89 bits per heavy atom. The Morgan fingerprint density at radius 1 is 1.32 bits per heavy atom. The van der Waals surface area contributed by atoms with Gasteiger partial charge in [-0.1, -0.05) is 38.4 Å². The molecule has 5 heteroatoms. The number of aliphatic carboxylic acids is 1. The molecule has 0 saturated heterocycles. The van der Waals surface area contributed by atoms with Crippen LogP contribution in [0.4, 0.5) is 5.69 Å². The first-order chi connectivity index (χ1) is 8.62. The van der Waals surface area contributed by atoms with E-state index in [1.165, 1.54) is 0 Å². The summed E-state index contributed by atoms with van der Waals surface area (Å²) in [5, 5.41) is 12.2. The highest BCUT2D eigenvalue weighted by Gasteiger charge is 2.37. The summed E-state index contributed by atoms with van der Waals surface area (Å²) in [5.74, 6) is -2.84. The number of amides is 1. The molecule has 0 heterocycles. The number of carboxylic acids is 1. The molecule has 19 heavy (non-hydrogen) atoms. The Bertz CT molecular complexity index is 506. The van der Waals surface area contributed by atoms with Crippen LogP contribution in [0.15, 0.2) is 18.2 Å². The molecule has 0 aliphatic heterocycles. The number of carbonyl (C=O) groups is 2. The molecule has 0 aromatic heterocycles. The minimum Gasteiger partial charge on any atom is -0.481 e. The number of carboxylic acid groups (broad SMARTS) is 1. The van der Waals surface area contributed by atoms with Crippen molar-refractivity contribution in [3.63, 3.8) is 0 Å². The number of anilines is 1. The topological polar surface area (TPSA) is 66.4 Å². The minimum atomic E-state index is -1.14. The molecule has 1 unspecified atom stereocenters. The van der Waals surface area contributed by atoms with Crippen LogP contribution < -0.4 is 5.32 Å². The normalized spacial score (nSPS) is 12.9. The predicted molar refractivity (Wildman–Crippen MR) is 75.4 cm³/mol. The van der Waals surface area contributed by atoms with Gasteiger partial charge in [-0.05, 0) is 30.0 Å². The molecule has 1 rings (SSSR count). The quantitative estimate of drug-likeness (QED) is 0.836. The van der Waals surface area contributed by atoms with Gasteiger partial charge in [0, 0.05) is 0 Å². The van der Waals surface area contributed by atoms with Crippen molar-refractivity contribution in [2.45, 2.75) is 27.7 Å². The second-order valence-corrected chi connectivity index (χ2v) is 6.02. The SMILES string of the molecule is Cc1ccc(Cl)c(NC(=O)C(C(=O)O)C(C)(C)C)c1. The van der Waals surface area contributed by atoms with Gasteiger partial charge < -0.3 is 10.4 Å². The number of benzene rings is 1. The number of halogens is 1. The van der Waals surface area contributed by atoms with Crippen molar-refractivity contribution in [2.24, 2.45) is 11.3 Å². The zero-order chi connectivity index (χ0) is 14.8. The van der Waals surface area contributed by atoms with Gasteiger partial charge in [-0.2, -0.15) is 0 Å². The maximum atomic E-state index is 12.1. The van der Waals surface area contributed by atoms with Crippen molar-refractivity contribution in [3.05, 3.63) is 28.8 Å². The fourth-order valence-electron chi connectivity index (χ4n) is 1.82. The maximum Gasteiger partial charge on any atom is 0.316 e. The smallest absolute Gasteiger partial charge is 0.316 e. The summed E-state index contributed by atoms with van der Waals surface area (Å²) in [6.45, 7) is 7.00. The number of carbonyl (C=O) groups excluding carboxylic acids is 1. The molecular weight excluding hydrogens is 266 g/mol. The molecule has 0 saturated carbocycles. The second-order valence-electron chi connectivity index (χ2n) is 5.61. The van der Waals surface area contributed by atoms with Gasteiger partial charge >= 0.3 is 5.97 Å². The highest BCUT2D eigenvalue weighted by molar-refractivity contribution is 6.33. The van der Waals surface area contributed by atoms with E-state index < -0.39 is 23.2 Å². The monoisotopic (exact) mass is 283 g/mol. The van der Waals surface area contributed by atoms with E-state index in [1.807, 2.05) is 13.0 Å². The Labute approximate surface area is 117 Å². The minimum absolute atomic E-state index is 0.386. The van der Waals surface area contributed by atoms with Gasteiger partial charge in [0.05, 0.1) is 10.7 Å². The Kier molecular flexibility index (Phi) is 4.58. The van der Waals surface area contributed by atoms with Gasteiger partial charge in [0.15, 0.2) is 0 Å². The van der Waals surface area contributed by atoms with Gasteiger partial charge in [-0.25, -0.2) is 0 Å². The Morgan fingerprint density at radius 3 is 2.37 bits per heavy atom. The van der Waals surface area contributed by atoms with Crippen LogP contribution in [0.1, 0.15) is 26.3 Å². The average Bonchev–Trinajstić information content (AvgIpc) is 2.20. The fourth-order valence-corrected chi connectivity index (χ4v) is 1.98. The summed E-state index contributed by atoms with van der Waals surface area (Å²) in [6, 6.07) is 5.19. The second kappa shape index (κ2) is 5.61. The van der Waals surface area contributed by atoms with E-state index >= 15 is 0 Å². The first kappa shape index (κ1) is 15.5. The summed E-state index contributed by atoms with van der Waals surface area (Å²) in [4.78, 5) is 23.3. The molecule has 1 atom stereocenters. The lowest BCUT2D eigenvalue weighted by molar-refractivity contribution is -0.149. The van der Waals surface area contributed by atoms with E-state index in [1.54, 1.807) is 32.9 Å². The van der Waals surface area contributed by atoms with Crippen molar-refractivity contribution in [1.29, 1.82) is 0 Å². The third kappa shape index (κ3) is 3.96. The maximum absolute atomic E-state index is 12.1. The Balaban J connectivity index is 3.01. The fraction of sp³-hybridized carbons (Fsp3) is 0.429. The van der Waals surface area contributed by atoms with Crippen LogP contribution in [0.5, 0.6) is 0 Å². The number of aryl methyl sites for hydroxylation is 1. The van der Waals surface area contributed by atoms with Crippen LogP contribution in [-0.4, -0.2) is 17.0 Å². The van der Waals surface area contributed by atoms with E-state index in [0.29, 0.717) is 10.7 Å². The van der Waals surface area contributed by atoms with Crippen molar-refractivity contribution < 1.29 is 14.7 Å². The van der Waals surface area contributed by atoms with Crippen LogP contribution in [0.3, 0.4) is 0 Å². The van der Waals surface area contributed by atoms with Crippen LogP contribution in [-0.2, 0) is 9.59 Å². The molecule has 1 aromatic carbocycles. The first-order valence-corrected chi connectivity index (χ1v) is 6.30. The molecule has 0 aliphatic rings. The van der Waals surface area contributed by atoms with Crippen molar-refractivity contribution in [1.82, 2.24) is 0 Å². The molecule has 0 spiro atoms. The average molecular weight is 284 g/mol. The predicted octanol–water partition coefficient (Wildman–Crippen LogP) is 3.33. The number of hydrogen-bond acceptors (Lipinski definition) is 2. The molecule has 0 radical (unpaired) electrons. The van der Waals surface area contributed by atoms with Gasteiger partial charge in [0.1, 0.15) is 5.92 Å². The molecule has 0 aliphatic carbocycles. The lowest BCUT2D eigenvalue weighted by Crippen LogP contribution is -2.39. The molecular formula is C14H18ClNO3. The Hall–Kier alpha value is -1.55. The van der Waals surface area contributed by atoms with E-state index in [-0.39, 0.29) is 0 Å². The van der Waals surface area contributed by atoms with Gasteiger partial charge in [-0.3, -0.25) is 9.59 Å². The van der Waals surface area contributed by atoms with Crippen LogP contribution in [0.2, 0.25) is 5.02 Å². The van der Waals surface area contributed by atoms with E-state index in [4.69, 9.17) is 11.6 Å². The van der Waals surface area contributed by atoms with Crippen molar-refractivity contribution in [3.8, 4) is 0 Å². The summed E-state index contributed by atoms with van der Waals surface area (Å²) in [7, 11) is 0. The van der Waals surface area contributed by atoms with Gasteiger partial charge in [0.2, 0.25) is 5.91 Å². The van der Waals surface area contributed by atoms with Gasteiger partial charge in [-0.15, -0.1) is 0 Å². The van der Waals surface area contributed by atoms with Gasteiger partial charge in [0.25, 0.3) is 0 Å². The number of hydrogen-bond donors (Lipinski definition) is 2. The molecule has 2 N–H and O–H groups in total. The summed E-state index contributed by atoms with van der Waals surface area (Å²) in [6.07, 6.45) is 0. The largest absolute Gasteiger partial charge is 0.481 e. The summed E-state index contributed by atoms with van der Waals surface area (Å²) < 4.78 is 0. The van der Waals surface area contributed by atoms with Crippen LogP contribution in [0.25, 0.3) is 0 Å². The van der Waals surface area contributed by atoms with Crippen molar-refractivity contribution >= 4 is 29.2 Å². The molecule has 1 amide bonds. The standard InChI is InChI=1S/C14H18ClNO3/c1-8-5-6-9(15)10(7-8)16-12(17)11(13(18)19)14(2,3)4/h5-7,11H,1-4H3,(H,16,17)(H,18,19). The van der Waals surface area contributed by atoms with Crippen LogP contribution >= 0.6 is 11.6 Å². The van der Waals surface area contributed by atoms with Crippen LogP contribution in [0, 0.1) is 18.3 Å². The lowest BCUT2D eigenvalue weighted by Gasteiger charge is -2.26. The zero-order valence-electron chi connectivity index (χ0n) is 11.5. The number of rotatable bonds is 3. The summed E-state index contributed by atoms with van der Waals surface area (Å²) >= 11 is 5.98. The highest BCUT2D eigenvalue weighted by atomic mass is 35.5. The van der Waals surface area contributed by atoms with Crippen molar-refractivity contribution in [2.75, 3.05) is 5.32 Å². The van der Waals surface area contributed by atoms with E-state index in [9.17, 15) is 14.7 Å². The highest BCUT2D eigenvalue weighted by Crippen LogP contribution is 2.29. The number of nitrogens with one attached hydrogen (secondary N) is 1. The summed E-state index contributed by atoms with van der Waals surface area (Å²) in [5.41, 5.74) is 0.691. The molecule has 104 valence electrons. The molecule has 4 nitrogen and oxygen atoms in total. The molecule has 0 fully saturated rings. The first-order valence-electron chi connectivity index (χ1n) is 5.92. The van der Waals surface area contributed by atoms with E-state index in [2.05, 4.69) is 5.32 Å². The van der Waals surface area contributed by atoms with E-state index in [0.717, 1.165) is 5.56 Å². The zero-order valence-corrected chi connectivity index (χ0v) is 12.2.